The van der Waals surface area contributed by atoms with Crippen molar-refractivity contribution in [3.63, 3.8) is 0 Å². The van der Waals surface area contributed by atoms with Crippen LogP contribution in [-0.4, -0.2) is 15.8 Å². The predicted molar refractivity (Wildman–Crippen MR) is 388 cm³/mol. The van der Waals surface area contributed by atoms with Gasteiger partial charge in [0.25, 0.3) is 6.71 Å². The number of hydrogen-bond acceptors (Lipinski definition) is 2. The fourth-order valence-corrected chi connectivity index (χ4v) is 15.6. The molecule has 0 fully saturated rings. The molecule has 2 aromatic heterocycles. The van der Waals surface area contributed by atoms with Crippen molar-refractivity contribution in [1.82, 2.24) is 9.13 Å². The lowest BCUT2D eigenvalue weighted by Gasteiger charge is -2.48. The molecule has 0 N–H and O–H groups in total. The van der Waals surface area contributed by atoms with E-state index in [0.29, 0.717) is 0 Å². The highest BCUT2D eigenvalue weighted by molar-refractivity contribution is 7.00. The molecule has 15 aromatic rings. The number of anilines is 6. The molecule has 2 aliphatic heterocycles. The summed E-state index contributed by atoms with van der Waals surface area (Å²) < 4.78 is 5.12. The van der Waals surface area contributed by atoms with Crippen LogP contribution in [-0.2, 0) is 18.3 Å². The molecular weight excluding hydrogens is 1100 g/mol. The Morgan fingerprint density at radius 2 is 0.593 bits per heavy atom. The minimum Gasteiger partial charge on any atom is -0.310 e. The van der Waals surface area contributed by atoms with Gasteiger partial charge in [0.15, 0.2) is 0 Å². The number of benzene rings is 13. The summed E-state index contributed by atoms with van der Waals surface area (Å²) in [7, 11) is 0. The minimum atomic E-state index is -0.294. The maximum atomic E-state index is 2.76. The van der Waals surface area contributed by atoms with Gasteiger partial charge in [-0.25, -0.2) is 0 Å². The summed E-state index contributed by atoms with van der Waals surface area (Å²) in [6.07, 6.45) is 1.55. The first-order valence-electron chi connectivity index (χ1n) is 32.3. The van der Waals surface area contributed by atoms with Crippen molar-refractivity contribution >= 4 is 101 Å². The second kappa shape index (κ2) is 21.4. The third-order valence-electron chi connectivity index (χ3n) is 19.6. The van der Waals surface area contributed by atoms with E-state index >= 15 is 0 Å². The van der Waals surface area contributed by atoms with E-state index < -0.39 is 0 Å². The zero-order valence-corrected chi connectivity index (χ0v) is 52.0. The highest BCUT2D eigenvalue weighted by Crippen LogP contribution is 2.56. The average Bonchev–Trinajstić information content (AvgIpc) is 1.04. The van der Waals surface area contributed by atoms with Crippen molar-refractivity contribution in [1.29, 1.82) is 0 Å². The molecule has 4 heterocycles. The fraction of sp³-hybridized carbons (Fsp3) is 0.0930. The molecule has 0 aliphatic carbocycles. The van der Waals surface area contributed by atoms with Gasteiger partial charge in [0, 0.05) is 66.5 Å². The molecule has 17 rings (SSSR count). The van der Waals surface area contributed by atoms with Crippen LogP contribution in [0.15, 0.2) is 291 Å². The van der Waals surface area contributed by atoms with E-state index in [0.717, 1.165) is 46.5 Å². The molecule has 4 nitrogen and oxygen atoms in total. The molecule has 91 heavy (non-hydrogen) atoms. The van der Waals surface area contributed by atoms with Crippen LogP contribution in [0.4, 0.5) is 34.1 Å². The summed E-state index contributed by atoms with van der Waals surface area (Å²) in [5.74, 6) is 0. The smallest absolute Gasteiger partial charge is 0.252 e. The van der Waals surface area contributed by atoms with Crippen molar-refractivity contribution < 1.29 is 0 Å². The van der Waals surface area contributed by atoms with Crippen LogP contribution in [0.1, 0.15) is 51.3 Å². The first-order valence-corrected chi connectivity index (χ1v) is 32.3. The number of aromatic nitrogens is 2. The van der Waals surface area contributed by atoms with E-state index in [4.69, 9.17) is 0 Å². The summed E-state index contributed by atoms with van der Waals surface area (Å²) >= 11 is 0. The minimum absolute atomic E-state index is 0.195. The lowest BCUT2D eigenvalue weighted by Crippen LogP contribution is -2.62. The second-order valence-corrected chi connectivity index (χ2v) is 25.6. The van der Waals surface area contributed by atoms with E-state index in [2.05, 4.69) is 345 Å². The number of nitrogens with zero attached hydrogens (tertiary/aromatic N) is 4. The molecule has 0 bridgehead atoms. The maximum absolute atomic E-state index is 2.76. The topological polar surface area (TPSA) is 16.3 Å². The number of para-hydroxylation sites is 6. The van der Waals surface area contributed by atoms with E-state index in [9.17, 15) is 0 Å². The molecule has 2 aliphatic rings. The van der Waals surface area contributed by atoms with Gasteiger partial charge < -0.3 is 18.9 Å². The Morgan fingerprint density at radius 1 is 0.297 bits per heavy atom. The average molecular weight is 1170 g/mol. The number of hydrogen-bond donors (Lipinski definition) is 0. The summed E-state index contributed by atoms with van der Waals surface area (Å²) in [4.78, 5) is 5.52. The van der Waals surface area contributed by atoms with Crippen LogP contribution < -0.4 is 26.2 Å². The van der Waals surface area contributed by atoms with Gasteiger partial charge in [-0.3, -0.25) is 0 Å². The van der Waals surface area contributed by atoms with Gasteiger partial charge >= 0.3 is 0 Å². The Balaban J connectivity index is 1.09. The lowest BCUT2D eigenvalue weighted by atomic mass is 9.33. The van der Waals surface area contributed by atoms with Crippen molar-refractivity contribution in [3.05, 3.63) is 308 Å². The van der Waals surface area contributed by atoms with Crippen molar-refractivity contribution in [2.75, 3.05) is 9.80 Å². The van der Waals surface area contributed by atoms with Crippen molar-refractivity contribution in [2.45, 2.75) is 52.9 Å². The number of rotatable bonds is 10. The van der Waals surface area contributed by atoms with Gasteiger partial charge in [0.2, 0.25) is 0 Å². The first-order chi connectivity index (χ1) is 44.8. The zero-order valence-electron chi connectivity index (χ0n) is 52.0. The van der Waals surface area contributed by atoms with E-state index in [-0.39, 0.29) is 12.1 Å². The first kappa shape index (κ1) is 54.3. The van der Waals surface area contributed by atoms with E-state index in [1.165, 1.54) is 133 Å². The van der Waals surface area contributed by atoms with Crippen LogP contribution >= 0.6 is 0 Å². The van der Waals surface area contributed by atoms with Crippen LogP contribution in [0.2, 0.25) is 0 Å². The van der Waals surface area contributed by atoms with Gasteiger partial charge in [-0.15, -0.1) is 0 Å². The molecule has 0 radical (unpaired) electrons. The Kier molecular flexibility index (Phi) is 12.8. The Hall–Kier alpha value is -10.9. The molecule has 0 saturated heterocycles. The SMILES string of the molecule is CCc1c(-n2c3ccccc3c3ccccc32)ccc2c1N(c1c(-c3ccccc3)cccc1-c1ccccc1)c1cc(C(C)(C)C)cc3c1B2c1ccc(-n2c4ccccc4c4ccccc42)c(CC)c1N3c1c(-c2ccccc2)cccc1-c1ccccc1. The van der Waals surface area contributed by atoms with Crippen LogP contribution in [0.5, 0.6) is 0 Å². The Morgan fingerprint density at radius 3 is 0.890 bits per heavy atom. The normalized spacial score (nSPS) is 12.7. The van der Waals surface area contributed by atoms with Gasteiger partial charge in [-0.05, 0) is 122 Å². The maximum Gasteiger partial charge on any atom is 0.252 e. The van der Waals surface area contributed by atoms with Gasteiger partial charge in [0.1, 0.15) is 0 Å². The second-order valence-electron chi connectivity index (χ2n) is 25.6. The largest absolute Gasteiger partial charge is 0.310 e. The zero-order chi connectivity index (χ0) is 61.1. The van der Waals surface area contributed by atoms with Crippen molar-refractivity contribution in [3.8, 4) is 55.9 Å². The molecule has 0 unspecified atom stereocenters. The summed E-state index contributed by atoms with van der Waals surface area (Å²) in [5, 5.41) is 4.99. The van der Waals surface area contributed by atoms with Crippen LogP contribution in [0.3, 0.4) is 0 Å². The standard InChI is InChI=1S/C86H67BN4/c1-6-61-77(88-73-46-24-20-38-67(73)68-39-21-25-47-74(68)88)52-50-71-84(61)90(82-63(56-30-12-8-13-31-56)42-28-43-64(82)57-32-14-9-15-33-57)79-54-60(86(3,4)5)55-80-81(79)87(71)72-51-53-78(89-75-48-26-22-40-69(75)70-41-23-27-49-76(70)89)62(7-2)85(72)91(80)83-65(58-34-16-10-17-35-58)44-29-45-66(83)59-36-18-11-19-37-59/h8-55H,6-7H2,1-5H3. The Labute approximate surface area is 533 Å². The fourth-order valence-electron chi connectivity index (χ4n) is 15.6. The summed E-state index contributed by atoms with van der Waals surface area (Å²) in [6.45, 7) is 11.8. The Bertz CT molecular complexity index is 4820. The quantitative estimate of drug-likeness (QED) is 0.127. The van der Waals surface area contributed by atoms with Gasteiger partial charge in [0.05, 0.1) is 44.8 Å². The van der Waals surface area contributed by atoms with Crippen LogP contribution in [0.25, 0.3) is 99.5 Å². The molecule has 0 saturated carbocycles. The van der Waals surface area contributed by atoms with E-state index in [1.54, 1.807) is 0 Å². The third kappa shape index (κ3) is 8.37. The number of fused-ring (bicyclic) bond motifs is 10. The lowest BCUT2D eigenvalue weighted by molar-refractivity contribution is 0.590. The molecule has 5 heteroatoms. The van der Waals surface area contributed by atoms with Crippen LogP contribution in [0, 0.1) is 0 Å². The molecule has 0 amide bonds. The van der Waals surface area contributed by atoms with Gasteiger partial charge in [-0.1, -0.05) is 277 Å². The molecule has 434 valence electrons. The monoisotopic (exact) mass is 1170 g/mol. The summed E-state index contributed by atoms with van der Waals surface area (Å²) in [5.41, 5.74) is 31.1. The highest BCUT2D eigenvalue weighted by Gasteiger charge is 2.48. The molecule has 0 atom stereocenters. The molecule has 0 spiro atoms. The van der Waals surface area contributed by atoms with E-state index in [1.807, 2.05) is 0 Å². The highest BCUT2D eigenvalue weighted by atomic mass is 15.2. The third-order valence-corrected chi connectivity index (χ3v) is 19.6. The molecule has 13 aromatic carbocycles. The predicted octanol–water partition coefficient (Wildman–Crippen LogP) is 21.1. The van der Waals surface area contributed by atoms with Gasteiger partial charge in [-0.2, -0.15) is 0 Å². The van der Waals surface area contributed by atoms with Crippen molar-refractivity contribution in [2.24, 2.45) is 0 Å². The molecular formula is C86H67BN4. The summed E-state index contributed by atoms with van der Waals surface area (Å²) in [6, 6.07) is 110.